The van der Waals surface area contributed by atoms with Crippen molar-refractivity contribution in [1.82, 2.24) is 10.1 Å². The van der Waals surface area contributed by atoms with Gasteiger partial charge in [-0.1, -0.05) is 12.1 Å². The Morgan fingerprint density at radius 1 is 1.50 bits per heavy atom. The van der Waals surface area contributed by atoms with Crippen molar-refractivity contribution in [2.24, 2.45) is 0 Å². The van der Waals surface area contributed by atoms with Crippen LogP contribution in [0.15, 0.2) is 32.1 Å². The van der Waals surface area contributed by atoms with Gasteiger partial charge >= 0.3 is 5.97 Å². The standard InChI is InChI=1S/C13H13BrN2O3S/c1-2-3-12-15-11(16-19-12)7-20-8-4-5-10(14)9(6-8)13(17)18/h4-6H,2-3,7H2,1H3,(H,17,18). The van der Waals surface area contributed by atoms with Gasteiger partial charge in [-0.15, -0.1) is 11.8 Å². The van der Waals surface area contributed by atoms with E-state index in [2.05, 4.69) is 26.1 Å². The lowest BCUT2D eigenvalue weighted by molar-refractivity contribution is 0.0695. The zero-order chi connectivity index (χ0) is 14.5. The highest BCUT2D eigenvalue weighted by molar-refractivity contribution is 9.10. The zero-order valence-electron chi connectivity index (χ0n) is 10.8. The monoisotopic (exact) mass is 356 g/mol. The van der Waals surface area contributed by atoms with Crippen LogP contribution in [0.2, 0.25) is 0 Å². The van der Waals surface area contributed by atoms with E-state index >= 15 is 0 Å². The molecule has 2 aromatic rings. The average Bonchev–Trinajstić information content (AvgIpc) is 2.86. The van der Waals surface area contributed by atoms with Crippen LogP contribution in [0.4, 0.5) is 0 Å². The van der Waals surface area contributed by atoms with E-state index in [1.807, 2.05) is 13.0 Å². The first-order chi connectivity index (χ1) is 9.60. The molecule has 0 fully saturated rings. The van der Waals surface area contributed by atoms with Crippen molar-refractivity contribution in [2.75, 3.05) is 0 Å². The number of halogens is 1. The third kappa shape index (κ3) is 3.83. The fourth-order valence-electron chi connectivity index (χ4n) is 1.57. The summed E-state index contributed by atoms with van der Waals surface area (Å²) in [6, 6.07) is 5.21. The Morgan fingerprint density at radius 2 is 2.30 bits per heavy atom. The molecular formula is C13H13BrN2O3S. The van der Waals surface area contributed by atoms with Crippen LogP contribution in [-0.2, 0) is 12.2 Å². The van der Waals surface area contributed by atoms with Crippen LogP contribution in [0.5, 0.6) is 0 Å². The Labute approximate surface area is 128 Å². The van der Waals surface area contributed by atoms with Gasteiger partial charge in [-0.25, -0.2) is 4.79 Å². The van der Waals surface area contributed by atoms with Gasteiger partial charge in [0.15, 0.2) is 5.82 Å². The summed E-state index contributed by atoms with van der Waals surface area (Å²) in [4.78, 5) is 16.2. The van der Waals surface area contributed by atoms with Crippen LogP contribution in [0.1, 0.15) is 35.4 Å². The molecule has 1 N–H and O–H groups in total. The number of hydrogen-bond donors (Lipinski definition) is 1. The summed E-state index contributed by atoms with van der Waals surface area (Å²) in [5.41, 5.74) is 0.245. The fraction of sp³-hybridized carbons (Fsp3) is 0.308. The molecule has 1 aromatic heterocycles. The Kier molecular flexibility index (Phi) is 5.19. The van der Waals surface area contributed by atoms with E-state index in [1.165, 1.54) is 11.8 Å². The second-order valence-electron chi connectivity index (χ2n) is 4.09. The molecule has 0 amide bonds. The van der Waals surface area contributed by atoms with Crippen LogP contribution in [0, 0.1) is 0 Å². The van der Waals surface area contributed by atoms with Crippen LogP contribution in [0.3, 0.4) is 0 Å². The molecule has 0 bridgehead atoms. The van der Waals surface area contributed by atoms with Gasteiger partial charge in [0.1, 0.15) is 0 Å². The minimum absolute atomic E-state index is 0.245. The molecule has 0 aliphatic heterocycles. The van der Waals surface area contributed by atoms with Gasteiger partial charge in [-0.3, -0.25) is 0 Å². The van der Waals surface area contributed by atoms with Gasteiger partial charge in [-0.2, -0.15) is 4.98 Å². The van der Waals surface area contributed by atoms with Gasteiger partial charge < -0.3 is 9.63 Å². The summed E-state index contributed by atoms with van der Waals surface area (Å²) >= 11 is 4.69. The van der Waals surface area contributed by atoms with Crippen LogP contribution >= 0.6 is 27.7 Å². The number of carboxylic acids is 1. The molecule has 1 heterocycles. The number of carboxylic acid groups (broad SMARTS) is 1. The molecule has 0 aliphatic carbocycles. The molecule has 0 radical (unpaired) electrons. The second kappa shape index (κ2) is 6.90. The van der Waals surface area contributed by atoms with Crippen molar-refractivity contribution in [3.63, 3.8) is 0 Å². The molecular weight excluding hydrogens is 344 g/mol. The van der Waals surface area contributed by atoms with E-state index in [9.17, 15) is 4.79 Å². The maximum absolute atomic E-state index is 11.0. The predicted octanol–water partition coefficient (Wildman–Crippen LogP) is 3.78. The molecule has 5 nitrogen and oxygen atoms in total. The predicted molar refractivity (Wildman–Crippen MR) is 79.0 cm³/mol. The first-order valence-corrected chi connectivity index (χ1v) is 7.85. The number of aromatic carboxylic acids is 1. The van der Waals surface area contributed by atoms with Crippen molar-refractivity contribution < 1.29 is 14.4 Å². The second-order valence-corrected chi connectivity index (χ2v) is 5.99. The van der Waals surface area contributed by atoms with E-state index in [1.54, 1.807) is 12.1 Å². The van der Waals surface area contributed by atoms with Crippen LogP contribution in [0.25, 0.3) is 0 Å². The molecule has 0 atom stereocenters. The van der Waals surface area contributed by atoms with Gasteiger partial charge in [-0.05, 0) is 40.5 Å². The zero-order valence-corrected chi connectivity index (χ0v) is 13.2. The molecule has 0 unspecified atom stereocenters. The number of carbonyl (C=O) groups is 1. The van der Waals surface area contributed by atoms with E-state index in [0.29, 0.717) is 21.9 Å². The summed E-state index contributed by atoms with van der Waals surface area (Å²) in [6.45, 7) is 2.05. The molecule has 7 heteroatoms. The van der Waals surface area contributed by atoms with Gasteiger partial charge in [0, 0.05) is 15.8 Å². The maximum atomic E-state index is 11.0. The lowest BCUT2D eigenvalue weighted by atomic mass is 10.2. The molecule has 0 saturated carbocycles. The van der Waals surface area contributed by atoms with Crippen molar-refractivity contribution in [3.05, 3.63) is 40.0 Å². The SMILES string of the molecule is CCCc1nc(CSc2ccc(Br)c(C(=O)O)c2)no1. The summed E-state index contributed by atoms with van der Waals surface area (Å²) < 4.78 is 5.67. The number of hydrogen-bond acceptors (Lipinski definition) is 5. The number of thioether (sulfide) groups is 1. The van der Waals surface area contributed by atoms with Crippen molar-refractivity contribution in [3.8, 4) is 0 Å². The topological polar surface area (TPSA) is 76.2 Å². The molecule has 20 heavy (non-hydrogen) atoms. The molecule has 0 spiro atoms. The van der Waals surface area contributed by atoms with Crippen molar-refractivity contribution in [2.45, 2.75) is 30.4 Å². The lowest BCUT2D eigenvalue weighted by Gasteiger charge is -2.03. The molecule has 0 aliphatic rings. The highest BCUT2D eigenvalue weighted by Crippen LogP contribution is 2.26. The van der Waals surface area contributed by atoms with E-state index < -0.39 is 5.97 Å². The lowest BCUT2D eigenvalue weighted by Crippen LogP contribution is -1.97. The van der Waals surface area contributed by atoms with E-state index in [0.717, 1.165) is 17.7 Å². The quantitative estimate of drug-likeness (QED) is 0.793. The van der Waals surface area contributed by atoms with E-state index in [-0.39, 0.29) is 5.56 Å². The largest absolute Gasteiger partial charge is 0.478 e. The number of aromatic nitrogens is 2. The Hall–Kier alpha value is -1.34. The molecule has 1 aromatic carbocycles. The number of rotatable bonds is 6. The van der Waals surface area contributed by atoms with E-state index in [4.69, 9.17) is 9.63 Å². The number of nitrogens with zero attached hydrogens (tertiary/aromatic N) is 2. The van der Waals surface area contributed by atoms with Crippen molar-refractivity contribution >= 4 is 33.7 Å². The third-order valence-electron chi connectivity index (χ3n) is 2.51. The molecule has 2 rings (SSSR count). The molecule has 106 valence electrons. The highest BCUT2D eigenvalue weighted by Gasteiger charge is 2.11. The fourth-order valence-corrected chi connectivity index (χ4v) is 2.76. The smallest absolute Gasteiger partial charge is 0.336 e. The minimum atomic E-state index is -0.955. The van der Waals surface area contributed by atoms with Crippen LogP contribution < -0.4 is 0 Å². The van der Waals surface area contributed by atoms with Gasteiger partial charge in [0.2, 0.25) is 5.89 Å². The highest BCUT2D eigenvalue weighted by atomic mass is 79.9. The average molecular weight is 357 g/mol. The van der Waals surface area contributed by atoms with Gasteiger partial charge in [0.05, 0.1) is 11.3 Å². The maximum Gasteiger partial charge on any atom is 0.336 e. The van der Waals surface area contributed by atoms with Gasteiger partial charge in [0.25, 0.3) is 0 Å². The Bertz CT molecular complexity index is 615. The summed E-state index contributed by atoms with van der Waals surface area (Å²) in [5, 5.41) is 13.0. The first-order valence-electron chi connectivity index (χ1n) is 6.07. The summed E-state index contributed by atoms with van der Waals surface area (Å²) in [5.74, 6) is 0.862. The summed E-state index contributed by atoms with van der Waals surface area (Å²) in [7, 11) is 0. The third-order valence-corrected chi connectivity index (χ3v) is 4.19. The normalized spacial score (nSPS) is 10.7. The van der Waals surface area contributed by atoms with Crippen LogP contribution in [-0.4, -0.2) is 21.2 Å². The Balaban J connectivity index is 2.03. The Morgan fingerprint density at radius 3 is 3.00 bits per heavy atom. The minimum Gasteiger partial charge on any atom is -0.478 e. The number of aryl methyl sites for hydroxylation is 1. The number of benzene rings is 1. The molecule has 0 saturated heterocycles. The van der Waals surface area contributed by atoms with Crippen molar-refractivity contribution in [1.29, 1.82) is 0 Å². The summed E-state index contributed by atoms with van der Waals surface area (Å²) in [6.07, 6.45) is 1.74. The first kappa shape index (κ1) is 15.1.